The molecule has 1 aromatic heterocycles. The lowest BCUT2D eigenvalue weighted by atomic mass is 10.1. The molecule has 0 atom stereocenters. The van der Waals surface area contributed by atoms with E-state index in [9.17, 15) is 9.59 Å². The lowest BCUT2D eigenvalue weighted by molar-refractivity contribution is 0.0781. The minimum absolute atomic E-state index is 0.130. The lowest BCUT2D eigenvalue weighted by Gasteiger charge is -2.18. The van der Waals surface area contributed by atoms with Crippen molar-refractivity contribution < 1.29 is 14.3 Å². The van der Waals surface area contributed by atoms with Crippen molar-refractivity contribution in [3.05, 3.63) is 63.2 Å². The third-order valence-corrected chi connectivity index (χ3v) is 4.36. The fourth-order valence-corrected chi connectivity index (χ4v) is 3.06. The minimum atomic E-state index is -0.298. The van der Waals surface area contributed by atoms with E-state index in [1.54, 1.807) is 37.4 Å². The number of nitrogens with zero attached hydrogens (tertiary/aromatic N) is 2. The van der Waals surface area contributed by atoms with Gasteiger partial charge < -0.3 is 19.4 Å². The number of ether oxygens (including phenoxy) is 2. The first kappa shape index (κ1) is 18.7. The summed E-state index contributed by atoms with van der Waals surface area (Å²) in [5, 5.41) is 0.771. The molecule has 27 heavy (non-hydrogen) atoms. The quantitative estimate of drug-likeness (QED) is 0.727. The molecule has 0 spiro atoms. The molecule has 3 rings (SSSR count). The van der Waals surface area contributed by atoms with Crippen LogP contribution in [0.1, 0.15) is 16.2 Å². The number of benzene rings is 2. The molecule has 0 unspecified atom stereocenters. The molecule has 0 saturated heterocycles. The van der Waals surface area contributed by atoms with Crippen molar-refractivity contribution in [1.82, 2.24) is 14.9 Å². The molecule has 7 nitrogen and oxygen atoms in total. The molecule has 8 heteroatoms. The summed E-state index contributed by atoms with van der Waals surface area (Å²) in [5.74, 6) is 0.813. The Hall–Kier alpha value is -3.06. The summed E-state index contributed by atoms with van der Waals surface area (Å²) in [5.41, 5.74) is 0.667. The van der Waals surface area contributed by atoms with Gasteiger partial charge in [-0.05, 0) is 24.3 Å². The van der Waals surface area contributed by atoms with Crippen LogP contribution in [-0.4, -0.2) is 42.0 Å². The van der Waals surface area contributed by atoms with Crippen molar-refractivity contribution in [3.8, 4) is 11.5 Å². The topological polar surface area (TPSA) is 84.5 Å². The van der Waals surface area contributed by atoms with Crippen molar-refractivity contribution in [3.63, 3.8) is 0 Å². The van der Waals surface area contributed by atoms with Gasteiger partial charge in [0.25, 0.3) is 11.5 Å². The van der Waals surface area contributed by atoms with Crippen LogP contribution in [0.4, 0.5) is 0 Å². The van der Waals surface area contributed by atoms with Crippen LogP contribution in [0.2, 0.25) is 5.02 Å². The predicted molar refractivity (Wildman–Crippen MR) is 103 cm³/mol. The number of nitrogens with one attached hydrogen (secondary N) is 1. The van der Waals surface area contributed by atoms with E-state index in [4.69, 9.17) is 21.1 Å². The third-order valence-electron chi connectivity index (χ3n) is 4.08. The number of rotatable bonds is 5. The second-order valence-corrected chi connectivity index (χ2v) is 6.29. The first-order valence-electron chi connectivity index (χ1n) is 8.09. The number of carbonyl (C=O) groups excluding carboxylic acids is 1. The number of halogens is 1. The molecule has 140 valence electrons. The standard InChI is InChI=1S/C19H18ClN3O4/c1-23(10-16-21-14-7-5-4-6-12(14)18(24)22-16)19(25)11-8-13(20)17(27-3)15(9-11)26-2/h4-9H,10H2,1-3H3,(H,21,22,24). The van der Waals surface area contributed by atoms with Crippen LogP contribution < -0.4 is 15.0 Å². The van der Waals surface area contributed by atoms with Crippen LogP contribution in [0.15, 0.2) is 41.2 Å². The number of hydrogen-bond donors (Lipinski definition) is 1. The molecule has 1 heterocycles. The Labute approximate surface area is 160 Å². The molecule has 0 aliphatic heterocycles. The van der Waals surface area contributed by atoms with Crippen molar-refractivity contribution in [1.29, 1.82) is 0 Å². The van der Waals surface area contributed by atoms with Gasteiger partial charge in [-0.3, -0.25) is 9.59 Å². The van der Waals surface area contributed by atoms with Crippen molar-refractivity contribution >= 4 is 28.4 Å². The Kier molecular flexibility index (Phi) is 5.32. The van der Waals surface area contributed by atoms with Crippen molar-refractivity contribution in [2.45, 2.75) is 6.54 Å². The van der Waals surface area contributed by atoms with E-state index in [0.717, 1.165) is 0 Å². The highest BCUT2D eigenvalue weighted by molar-refractivity contribution is 6.32. The van der Waals surface area contributed by atoms with Crippen molar-refractivity contribution in [2.24, 2.45) is 0 Å². The summed E-state index contributed by atoms with van der Waals surface area (Å²) in [6.07, 6.45) is 0. The molecular formula is C19H18ClN3O4. The number of para-hydroxylation sites is 1. The zero-order chi connectivity index (χ0) is 19.6. The smallest absolute Gasteiger partial charge is 0.258 e. The maximum atomic E-state index is 12.8. The average molecular weight is 388 g/mol. The van der Waals surface area contributed by atoms with Gasteiger partial charge in [-0.1, -0.05) is 23.7 Å². The number of methoxy groups -OCH3 is 2. The zero-order valence-corrected chi connectivity index (χ0v) is 15.8. The van der Waals surface area contributed by atoms with E-state index in [2.05, 4.69) is 9.97 Å². The van der Waals surface area contributed by atoms with Gasteiger partial charge >= 0.3 is 0 Å². The molecule has 0 aliphatic rings. The van der Waals surface area contributed by atoms with Gasteiger partial charge in [0.2, 0.25) is 0 Å². The number of aromatic nitrogens is 2. The van der Waals surface area contributed by atoms with Gasteiger partial charge in [-0.15, -0.1) is 0 Å². The lowest BCUT2D eigenvalue weighted by Crippen LogP contribution is -2.28. The van der Waals surface area contributed by atoms with Gasteiger partial charge in [0.05, 0.1) is 36.7 Å². The maximum absolute atomic E-state index is 12.8. The second kappa shape index (κ2) is 7.67. The fourth-order valence-electron chi connectivity index (χ4n) is 2.77. The van der Waals surface area contributed by atoms with E-state index in [1.807, 2.05) is 0 Å². The van der Waals surface area contributed by atoms with Crippen LogP contribution in [0, 0.1) is 0 Å². The molecule has 0 bridgehead atoms. The number of amides is 1. The van der Waals surface area contributed by atoms with Crippen LogP contribution in [0.3, 0.4) is 0 Å². The van der Waals surface area contributed by atoms with Crippen LogP contribution >= 0.6 is 11.6 Å². The number of H-pyrrole nitrogens is 1. The summed E-state index contributed by atoms with van der Waals surface area (Å²) in [6.45, 7) is 0.130. The summed E-state index contributed by atoms with van der Waals surface area (Å²) in [7, 11) is 4.55. The first-order chi connectivity index (χ1) is 12.9. The normalized spacial score (nSPS) is 10.7. The summed E-state index contributed by atoms with van der Waals surface area (Å²) in [4.78, 5) is 33.5. The van der Waals surface area contributed by atoms with Gasteiger partial charge in [0, 0.05) is 12.6 Å². The van der Waals surface area contributed by atoms with Crippen LogP contribution in [-0.2, 0) is 6.54 Å². The Balaban J connectivity index is 1.88. The predicted octanol–water partition coefficient (Wildman–Crippen LogP) is 2.87. The Morgan fingerprint density at radius 3 is 2.67 bits per heavy atom. The van der Waals surface area contributed by atoms with Crippen LogP contribution in [0.25, 0.3) is 10.9 Å². The highest BCUT2D eigenvalue weighted by atomic mass is 35.5. The fraction of sp³-hybridized carbons (Fsp3) is 0.211. The molecule has 1 amide bonds. The molecule has 1 N–H and O–H groups in total. The minimum Gasteiger partial charge on any atom is -0.493 e. The highest BCUT2D eigenvalue weighted by Crippen LogP contribution is 2.36. The summed E-state index contributed by atoms with van der Waals surface area (Å²) >= 11 is 6.17. The first-order valence-corrected chi connectivity index (χ1v) is 8.47. The maximum Gasteiger partial charge on any atom is 0.258 e. The summed E-state index contributed by atoms with van der Waals surface area (Å²) < 4.78 is 10.4. The van der Waals surface area contributed by atoms with E-state index < -0.39 is 0 Å². The molecule has 2 aromatic carbocycles. The largest absolute Gasteiger partial charge is 0.493 e. The molecule has 0 radical (unpaired) electrons. The zero-order valence-electron chi connectivity index (χ0n) is 15.1. The number of aromatic amines is 1. The van der Waals surface area contributed by atoms with Gasteiger partial charge in [-0.2, -0.15) is 0 Å². The van der Waals surface area contributed by atoms with Crippen molar-refractivity contribution in [2.75, 3.05) is 21.3 Å². The third kappa shape index (κ3) is 3.73. The highest BCUT2D eigenvalue weighted by Gasteiger charge is 2.19. The van der Waals surface area contributed by atoms with Crippen LogP contribution in [0.5, 0.6) is 11.5 Å². The Morgan fingerprint density at radius 2 is 1.96 bits per heavy atom. The molecule has 0 saturated carbocycles. The number of fused-ring (bicyclic) bond motifs is 1. The van der Waals surface area contributed by atoms with Gasteiger partial charge in [0.1, 0.15) is 5.82 Å². The molecule has 3 aromatic rings. The monoisotopic (exact) mass is 387 g/mol. The Morgan fingerprint density at radius 1 is 1.22 bits per heavy atom. The SMILES string of the molecule is COc1cc(C(=O)N(C)Cc2nc3ccccc3c(=O)[nH]2)cc(Cl)c1OC. The second-order valence-electron chi connectivity index (χ2n) is 5.88. The summed E-state index contributed by atoms with van der Waals surface area (Å²) in [6, 6.07) is 10.1. The van der Waals surface area contributed by atoms with Gasteiger partial charge in [-0.25, -0.2) is 4.98 Å². The van der Waals surface area contributed by atoms with Gasteiger partial charge in [0.15, 0.2) is 11.5 Å². The molecule has 0 aliphatic carbocycles. The molecular weight excluding hydrogens is 370 g/mol. The average Bonchev–Trinajstić information content (AvgIpc) is 2.66. The number of carbonyl (C=O) groups is 1. The Bertz CT molecular complexity index is 1060. The van der Waals surface area contributed by atoms with E-state index in [0.29, 0.717) is 33.8 Å². The number of hydrogen-bond acceptors (Lipinski definition) is 5. The van der Waals surface area contributed by atoms with E-state index in [-0.39, 0.29) is 23.0 Å². The molecule has 0 fully saturated rings. The van der Waals surface area contributed by atoms with E-state index in [1.165, 1.54) is 25.2 Å². The van der Waals surface area contributed by atoms with E-state index >= 15 is 0 Å².